The molecular weight excluding hydrogens is 569 g/mol. The number of nitrogens with zero attached hydrogens (tertiary/aromatic N) is 2. The van der Waals surface area contributed by atoms with Gasteiger partial charge in [-0.3, -0.25) is 9.52 Å². The molecule has 10 nitrogen and oxygen atoms in total. The van der Waals surface area contributed by atoms with Crippen LogP contribution in [0.25, 0.3) is 16.3 Å². The van der Waals surface area contributed by atoms with E-state index in [1.165, 1.54) is 12.1 Å². The van der Waals surface area contributed by atoms with Crippen LogP contribution in [0.4, 0.5) is 24.5 Å². The lowest BCUT2D eigenvalue weighted by Crippen LogP contribution is -2.36. The highest BCUT2D eigenvalue weighted by atomic mass is 32.2. The van der Waals surface area contributed by atoms with Crippen molar-refractivity contribution in [3.8, 4) is 16.3 Å². The Bertz CT molecular complexity index is 1760. The number of aromatic hydroxyl groups is 1. The zero-order valence-electron chi connectivity index (χ0n) is 19.4. The fourth-order valence-corrected chi connectivity index (χ4v) is 6.71. The van der Waals surface area contributed by atoms with E-state index < -0.39 is 54.9 Å². The standard InChI is InChI=1S/C22H19F3N4O6S3/c1-37(32,33)28-12-4-5-13-16(9-12)38(34,35)10-14(26-13)17-19(30)18(15-3-2-8-36-15)27-29(20(17)31)11-21(6-7-21)22(23,24)25/h2-5,8-10,26,28,30H,6-7,11H2,1H3. The van der Waals surface area contributed by atoms with E-state index in [0.29, 0.717) is 15.0 Å². The highest BCUT2D eigenvalue weighted by Gasteiger charge is 2.63. The molecular formula is C22H19F3N4O6S3. The Morgan fingerprint density at radius 1 is 1.26 bits per heavy atom. The van der Waals surface area contributed by atoms with Gasteiger partial charge in [-0.05, 0) is 42.5 Å². The summed E-state index contributed by atoms with van der Waals surface area (Å²) in [5.41, 5.74) is -4.40. The third kappa shape index (κ3) is 4.67. The summed E-state index contributed by atoms with van der Waals surface area (Å²) in [6, 6.07) is 6.79. The molecule has 5 rings (SSSR count). The fraction of sp³-hybridized carbons (Fsp3) is 0.273. The molecule has 38 heavy (non-hydrogen) atoms. The molecule has 1 aliphatic heterocycles. The van der Waals surface area contributed by atoms with Crippen molar-refractivity contribution in [2.75, 3.05) is 16.3 Å². The maximum atomic E-state index is 13.7. The predicted octanol–water partition coefficient (Wildman–Crippen LogP) is 3.59. The normalized spacial score (nSPS) is 17.7. The van der Waals surface area contributed by atoms with Crippen molar-refractivity contribution < 1.29 is 35.1 Å². The lowest BCUT2D eigenvalue weighted by Gasteiger charge is -2.23. The molecule has 202 valence electrons. The van der Waals surface area contributed by atoms with Crippen LogP contribution in [0.5, 0.6) is 5.75 Å². The molecule has 2 aliphatic rings. The number of halogens is 3. The molecule has 1 fully saturated rings. The second-order valence-electron chi connectivity index (χ2n) is 9.08. The van der Waals surface area contributed by atoms with Crippen LogP contribution in [0.3, 0.4) is 0 Å². The summed E-state index contributed by atoms with van der Waals surface area (Å²) in [5, 5.41) is 20.1. The van der Waals surface area contributed by atoms with Gasteiger partial charge in [0.1, 0.15) is 11.3 Å². The quantitative estimate of drug-likeness (QED) is 0.396. The van der Waals surface area contributed by atoms with Crippen molar-refractivity contribution in [2.45, 2.75) is 30.5 Å². The van der Waals surface area contributed by atoms with Crippen LogP contribution in [0.1, 0.15) is 18.4 Å². The van der Waals surface area contributed by atoms with E-state index in [1.54, 1.807) is 17.5 Å². The Balaban J connectivity index is 1.66. The molecule has 16 heteroatoms. The van der Waals surface area contributed by atoms with Gasteiger partial charge in [-0.1, -0.05) is 6.07 Å². The van der Waals surface area contributed by atoms with Gasteiger partial charge in [0, 0.05) is 5.69 Å². The van der Waals surface area contributed by atoms with Crippen molar-refractivity contribution in [1.29, 1.82) is 0 Å². The van der Waals surface area contributed by atoms with Gasteiger partial charge in [0.05, 0.1) is 44.8 Å². The predicted molar refractivity (Wildman–Crippen MR) is 135 cm³/mol. The van der Waals surface area contributed by atoms with E-state index in [9.17, 15) is 39.9 Å². The average molecular weight is 589 g/mol. The fourth-order valence-electron chi connectivity index (χ4n) is 4.11. The smallest absolute Gasteiger partial charge is 0.396 e. The molecule has 1 aliphatic carbocycles. The molecule has 2 aromatic heterocycles. The number of thiophene rings is 1. The molecule has 0 bridgehead atoms. The van der Waals surface area contributed by atoms with Crippen LogP contribution < -0.4 is 15.6 Å². The number of nitrogens with one attached hydrogen (secondary N) is 2. The maximum Gasteiger partial charge on any atom is 0.396 e. The number of fused-ring (bicyclic) bond motifs is 1. The van der Waals surface area contributed by atoms with E-state index >= 15 is 0 Å². The summed E-state index contributed by atoms with van der Waals surface area (Å²) in [7, 11) is -7.99. The lowest BCUT2D eigenvalue weighted by atomic mass is 10.1. The van der Waals surface area contributed by atoms with Crippen molar-refractivity contribution in [3.63, 3.8) is 0 Å². The second-order valence-corrected chi connectivity index (χ2v) is 13.5. The average Bonchev–Trinajstić information content (AvgIpc) is 3.39. The van der Waals surface area contributed by atoms with Gasteiger partial charge in [-0.15, -0.1) is 11.3 Å². The second kappa shape index (κ2) is 8.57. The maximum absolute atomic E-state index is 13.7. The van der Waals surface area contributed by atoms with Gasteiger partial charge in [-0.2, -0.15) is 18.3 Å². The molecule has 0 saturated heterocycles. The zero-order chi connectivity index (χ0) is 27.7. The summed E-state index contributed by atoms with van der Waals surface area (Å²) in [6.07, 6.45) is -4.08. The minimum absolute atomic E-state index is 0.0237. The Hall–Kier alpha value is -3.37. The van der Waals surface area contributed by atoms with Crippen LogP contribution in [0, 0.1) is 5.41 Å². The summed E-state index contributed by atoms with van der Waals surface area (Å²) >= 11 is 1.12. The van der Waals surface area contributed by atoms with Crippen molar-refractivity contribution >= 4 is 48.3 Å². The highest BCUT2D eigenvalue weighted by molar-refractivity contribution is 7.94. The highest BCUT2D eigenvalue weighted by Crippen LogP contribution is 2.58. The molecule has 3 N–H and O–H groups in total. The monoisotopic (exact) mass is 588 g/mol. The van der Waals surface area contributed by atoms with Crippen molar-refractivity contribution in [3.05, 3.63) is 57.0 Å². The number of anilines is 2. The molecule has 0 amide bonds. The molecule has 0 radical (unpaired) electrons. The van der Waals surface area contributed by atoms with Gasteiger partial charge >= 0.3 is 6.18 Å². The Morgan fingerprint density at radius 3 is 2.55 bits per heavy atom. The van der Waals surface area contributed by atoms with Crippen LogP contribution in [0.2, 0.25) is 0 Å². The first kappa shape index (κ1) is 26.2. The molecule has 1 saturated carbocycles. The third-order valence-electron chi connectivity index (χ3n) is 6.20. The Labute approximate surface area is 218 Å². The molecule has 0 spiro atoms. The number of rotatable bonds is 6. The first-order valence-electron chi connectivity index (χ1n) is 10.9. The van der Waals surface area contributed by atoms with Gasteiger partial charge < -0.3 is 10.4 Å². The number of hydrogen-bond donors (Lipinski definition) is 3. The van der Waals surface area contributed by atoms with Crippen LogP contribution >= 0.6 is 11.3 Å². The van der Waals surface area contributed by atoms with Crippen LogP contribution in [0.15, 0.2) is 50.8 Å². The summed E-state index contributed by atoms with van der Waals surface area (Å²) in [6.45, 7) is -0.794. The molecule has 0 unspecified atom stereocenters. The third-order valence-corrected chi connectivity index (χ3v) is 9.17. The minimum Gasteiger partial charge on any atom is -0.505 e. The van der Waals surface area contributed by atoms with Crippen LogP contribution in [-0.4, -0.2) is 44.2 Å². The summed E-state index contributed by atoms with van der Waals surface area (Å²) in [5.74, 6) is -0.696. The van der Waals surface area contributed by atoms with E-state index in [4.69, 9.17) is 0 Å². The van der Waals surface area contributed by atoms with Gasteiger partial charge in [-0.25, -0.2) is 21.5 Å². The first-order valence-corrected chi connectivity index (χ1v) is 15.2. The number of benzene rings is 1. The van der Waals surface area contributed by atoms with Gasteiger partial charge in [0.15, 0.2) is 5.75 Å². The number of aromatic nitrogens is 2. The van der Waals surface area contributed by atoms with Gasteiger partial charge in [0.25, 0.3) is 5.56 Å². The Morgan fingerprint density at radius 2 is 1.97 bits per heavy atom. The Kier molecular flexibility index (Phi) is 5.92. The summed E-state index contributed by atoms with van der Waals surface area (Å²) in [4.78, 5) is 13.4. The SMILES string of the molecule is CS(=O)(=O)Nc1ccc2c(c1)S(=O)(=O)C=C(c1c(O)c(-c3cccs3)nn(CC3(C(F)(F)F)CC3)c1=O)N2. The van der Waals surface area contributed by atoms with Crippen molar-refractivity contribution in [1.82, 2.24) is 9.78 Å². The van der Waals surface area contributed by atoms with E-state index in [2.05, 4.69) is 15.1 Å². The zero-order valence-corrected chi connectivity index (χ0v) is 21.9. The number of hydrogen-bond acceptors (Lipinski definition) is 9. The van der Waals surface area contributed by atoms with E-state index in [-0.39, 0.29) is 40.5 Å². The molecule has 0 atom stereocenters. The minimum atomic E-state index is -4.59. The van der Waals surface area contributed by atoms with E-state index in [1.807, 2.05) is 0 Å². The number of alkyl halides is 3. The van der Waals surface area contributed by atoms with Crippen molar-refractivity contribution in [2.24, 2.45) is 5.41 Å². The topological polar surface area (TPSA) is 147 Å². The van der Waals surface area contributed by atoms with Gasteiger partial charge in [0.2, 0.25) is 19.9 Å². The van der Waals surface area contributed by atoms with Crippen LogP contribution in [-0.2, 0) is 26.4 Å². The molecule has 1 aromatic carbocycles. The first-order chi connectivity index (χ1) is 17.6. The number of sulfone groups is 1. The molecule has 3 heterocycles. The lowest BCUT2D eigenvalue weighted by molar-refractivity contribution is -0.191. The largest absolute Gasteiger partial charge is 0.505 e. The number of sulfonamides is 1. The van der Waals surface area contributed by atoms with E-state index in [0.717, 1.165) is 23.7 Å². The molecule has 3 aromatic rings. The summed E-state index contributed by atoms with van der Waals surface area (Å²) < 4.78 is 93.2.